The number of nitrogens with one attached hydrogen (secondary N) is 1. The third-order valence-electron chi connectivity index (χ3n) is 3.22. The Balaban J connectivity index is 1.95. The summed E-state index contributed by atoms with van der Waals surface area (Å²) in [6.07, 6.45) is 7.38. The highest BCUT2D eigenvalue weighted by Gasteiger charge is 2.07. The van der Waals surface area contributed by atoms with Crippen LogP contribution in [-0.4, -0.2) is 16.5 Å². The van der Waals surface area contributed by atoms with Crippen LogP contribution in [0.5, 0.6) is 0 Å². The van der Waals surface area contributed by atoms with Crippen LogP contribution in [0.15, 0.2) is 24.4 Å². The van der Waals surface area contributed by atoms with Crippen molar-refractivity contribution in [1.82, 2.24) is 9.97 Å². The Morgan fingerprint density at radius 2 is 1.90 bits per heavy atom. The van der Waals surface area contributed by atoms with E-state index in [4.69, 9.17) is 28.9 Å². The molecule has 0 saturated heterocycles. The number of unbranched alkanes of at least 4 members (excludes halogenated alkanes) is 3. The fourth-order valence-electron chi connectivity index (χ4n) is 2.12. The number of H-pyrrole nitrogens is 1. The number of nitrogens with zero attached hydrogens (tertiary/aromatic N) is 1. The minimum atomic E-state index is 0.635. The van der Waals surface area contributed by atoms with Gasteiger partial charge in [0.25, 0.3) is 0 Å². The number of aryl methyl sites for hydroxylation is 1. The lowest BCUT2D eigenvalue weighted by Crippen LogP contribution is -1.98. The zero-order chi connectivity index (χ0) is 14.4. The molecule has 20 heavy (non-hydrogen) atoms. The number of aromatic nitrogens is 2. The average molecular weight is 312 g/mol. The van der Waals surface area contributed by atoms with Crippen molar-refractivity contribution in [3.63, 3.8) is 0 Å². The van der Waals surface area contributed by atoms with Crippen LogP contribution in [0.2, 0.25) is 10.0 Å². The number of aromatic amines is 1. The van der Waals surface area contributed by atoms with E-state index in [1.54, 1.807) is 6.07 Å². The molecule has 1 heterocycles. The highest BCUT2D eigenvalue weighted by Crippen LogP contribution is 2.29. The van der Waals surface area contributed by atoms with Gasteiger partial charge in [-0.05, 0) is 37.6 Å². The summed E-state index contributed by atoms with van der Waals surface area (Å²) in [5, 5.41) is 1.27. The molecule has 1 aromatic carbocycles. The largest absolute Gasteiger partial charge is 0.342 e. The van der Waals surface area contributed by atoms with Crippen molar-refractivity contribution < 1.29 is 0 Å². The van der Waals surface area contributed by atoms with Crippen LogP contribution in [0.3, 0.4) is 0 Å². The van der Waals surface area contributed by atoms with Gasteiger partial charge in [-0.2, -0.15) is 0 Å². The van der Waals surface area contributed by atoms with Gasteiger partial charge in [0.15, 0.2) is 0 Å². The van der Waals surface area contributed by atoms with Crippen molar-refractivity contribution in [2.24, 2.45) is 5.73 Å². The molecule has 0 fully saturated rings. The summed E-state index contributed by atoms with van der Waals surface area (Å²) in [6.45, 7) is 0.778. The van der Waals surface area contributed by atoms with Crippen molar-refractivity contribution in [3.05, 3.63) is 40.3 Å². The van der Waals surface area contributed by atoms with Gasteiger partial charge in [0.05, 0.1) is 16.9 Å². The number of hydrogen-bond donors (Lipinski definition) is 2. The third kappa shape index (κ3) is 4.23. The fourth-order valence-corrected chi connectivity index (χ4v) is 2.63. The number of hydrogen-bond acceptors (Lipinski definition) is 2. The lowest BCUT2D eigenvalue weighted by atomic mass is 10.1. The van der Waals surface area contributed by atoms with Gasteiger partial charge in [-0.1, -0.05) is 36.0 Å². The molecule has 0 aliphatic carbocycles. The van der Waals surface area contributed by atoms with Crippen LogP contribution < -0.4 is 5.73 Å². The first-order valence-corrected chi connectivity index (χ1v) is 7.65. The van der Waals surface area contributed by atoms with Crippen molar-refractivity contribution >= 4 is 23.2 Å². The molecule has 3 N–H and O–H groups in total. The number of halogens is 2. The summed E-state index contributed by atoms with van der Waals surface area (Å²) >= 11 is 12.1. The molecule has 3 nitrogen and oxygen atoms in total. The second-order valence-corrected chi connectivity index (χ2v) is 5.66. The van der Waals surface area contributed by atoms with Crippen LogP contribution in [0.25, 0.3) is 11.3 Å². The molecule has 2 rings (SSSR count). The van der Waals surface area contributed by atoms with Crippen molar-refractivity contribution in [2.45, 2.75) is 32.1 Å². The van der Waals surface area contributed by atoms with Crippen LogP contribution in [0.1, 0.15) is 31.5 Å². The molecule has 0 aliphatic rings. The first-order chi connectivity index (χ1) is 9.70. The molecule has 108 valence electrons. The van der Waals surface area contributed by atoms with Gasteiger partial charge in [0.2, 0.25) is 0 Å². The second-order valence-electron chi connectivity index (χ2n) is 4.82. The molecular formula is C15H19Cl2N3. The maximum atomic E-state index is 6.19. The third-order valence-corrected chi connectivity index (χ3v) is 3.77. The topological polar surface area (TPSA) is 54.7 Å². The van der Waals surface area contributed by atoms with E-state index in [1.807, 2.05) is 18.3 Å². The Kier molecular flexibility index (Phi) is 5.89. The average Bonchev–Trinajstić information content (AvgIpc) is 2.87. The Hall–Kier alpha value is -1.03. The maximum absolute atomic E-state index is 6.19. The Morgan fingerprint density at radius 3 is 2.65 bits per heavy atom. The molecule has 0 unspecified atom stereocenters. The van der Waals surface area contributed by atoms with E-state index in [2.05, 4.69) is 9.97 Å². The Morgan fingerprint density at radius 1 is 1.10 bits per heavy atom. The predicted octanol–water partition coefficient (Wildman–Crippen LogP) is 4.45. The molecule has 1 aromatic heterocycles. The van der Waals surface area contributed by atoms with Crippen molar-refractivity contribution in [3.8, 4) is 11.3 Å². The van der Waals surface area contributed by atoms with Gasteiger partial charge in [-0.25, -0.2) is 4.98 Å². The van der Waals surface area contributed by atoms with Gasteiger partial charge in [-0.15, -0.1) is 0 Å². The van der Waals surface area contributed by atoms with E-state index in [9.17, 15) is 0 Å². The molecule has 5 heteroatoms. The van der Waals surface area contributed by atoms with E-state index in [0.29, 0.717) is 10.0 Å². The van der Waals surface area contributed by atoms with Crippen molar-refractivity contribution in [2.75, 3.05) is 6.54 Å². The maximum Gasteiger partial charge on any atom is 0.106 e. The normalized spacial score (nSPS) is 10.9. The zero-order valence-electron chi connectivity index (χ0n) is 11.3. The minimum Gasteiger partial charge on any atom is -0.342 e. The summed E-state index contributed by atoms with van der Waals surface area (Å²) in [5.41, 5.74) is 7.34. The quantitative estimate of drug-likeness (QED) is 0.742. The van der Waals surface area contributed by atoms with Gasteiger partial charge in [-0.3, -0.25) is 0 Å². The van der Waals surface area contributed by atoms with Gasteiger partial charge in [0, 0.05) is 17.0 Å². The molecular weight excluding hydrogens is 293 g/mol. The molecule has 0 radical (unpaired) electrons. The van der Waals surface area contributed by atoms with E-state index in [0.717, 1.165) is 42.9 Å². The monoisotopic (exact) mass is 311 g/mol. The first kappa shape index (κ1) is 15.4. The summed E-state index contributed by atoms with van der Waals surface area (Å²) in [4.78, 5) is 7.72. The van der Waals surface area contributed by atoms with Gasteiger partial charge in [0.1, 0.15) is 5.82 Å². The lowest BCUT2D eigenvalue weighted by Gasteiger charge is -2.02. The lowest BCUT2D eigenvalue weighted by molar-refractivity contribution is 0.638. The summed E-state index contributed by atoms with van der Waals surface area (Å²) in [6, 6.07) is 5.48. The van der Waals surface area contributed by atoms with E-state index in [-0.39, 0.29) is 0 Å². The number of rotatable bonds is 7. The Bertz CT molecular complexity index is 552. The highest BCUT2D eigenvalue weighted by atomic mass is 35.5. The number of nitrogens with two attached hydrogens (primary N) is 1. The van der Waals surface area contributed by atoms with Gasteiger partial charge >= 0.3 is 0 Å². The second kappa shape index (κ2) is 7.67. The molecule has 0 spiro atoms. The number of imidazole rings is 1. The minimum absolute atomic E-state index is 0.635. The van der Waals surface area contributed by atoms with Crippen LogP contribution in [0.4, 0.5) is 0 Å². The predicted molar refractivity (Wildman–Crippen MR) is 85.3 cm³/mol. The SMILES string of the molecule is NCCCCCCc1ncc(-c2ccc(Cl)cc2Cl)[nH]1. The zero-order valence-corrected chi connectivity index (χ0v) is 12.8. The number of benzene rings is 1. The van der Waals surface area contributed by atoms with Gasteiger partial charge < -0.3 is 10.7 Å². The van der Waals surface area contributed by atoms with Crippen LogP contribution in [0, 0.1) is 0 Å². The highest BCUT2D eigenvalue weighted by molar-refractivity contribution is 6.36. The molecule has 0 atom stereocenters. The Labute approximate surface area is 129 Å². The molecule has 0 aliphatic heterocycles. The standard InChI is InChI=1S/C15H19Cl2N3/c16-11-6-7-12(13(17)9-11)14-10-19-15(20-14)5-3-1-2-4-8-18/h6-7,9-10H,1-5,8,18H2,(H,19,20). The summed E-state index contributed by atoms with van der Waals surface area (Å²) in [5.74, 6) is 0.999. The van der Waals surface area contributed by atoms with Crippen molar-refractivity contribution in [1.29, 1.82) is 0 Å². The van der Waals surface area contributed by atoms with E-state index < -0.39 is 0 Å². The smallest absolute Gasteiger partial charge is 0.106 e. The summed E-state index contributed by atoms with van der Waals surface area (Å²) in [7, 11) is 0. The fraction of sp³-hybridized carbons (Fsp3) is 0.400. The summed E-state index contributed by atoms with van der Waals surface area (Å²) < 4.78 is 0. The van der Waals surface area contributed by atoms with E-state index >= 15 is 0 Å². The van der Waals surface area contributed by atoms with E-state index in [1.165, 1.54) is 12.8 Å². The van der Waals surface area contributed by atoms with Crippen LogP contribution in [-0.2, 0) is 6.42 Å². The molecule has 0 bridgehead atoms. The van der Waals surface area contributed by atoms with Crippen LogP contribution >= 0.6 is 23.2 Å². The molecule has 0 amide bonds. The molecule has 2 aromatic rings. The first-order valence-electron chi connectivity index (χ1n) is 6.90. The molecule has 0 saturated carbocycles.